The maximum atomic E-state index is 13.1. The molecule has 2 amide bonds. The van der Waals surface area contributed by atoms with E-state index in [2.05, 4.69) is 15.5 Å². The van der Waals surface area contributed by atoms with Crippen molar-refractivity contribution in [3.8, 4) is 11.5 Å². The Morgan fingerprint density at radius 1 is 1.21 bits per heavy atom. The van der Waals surface area contributed by atoms with E-state index in [1.54, 1.807) is 12.1 Å². The van der Waals surface area contributed by atoms with Crippen molar-refractivity contribution in [2.75, 3.05) is 20.1 Å². The number of benzene rings is 1. The van der Waals surface area contributed by atoms with Gasteiger partial charge in [-0.2, -0.15) is 0 Å². The molecule has 2 aliphatic carbocycles. The van der Waals surface area contributed by atoms with E-state index in [1.165, 1.54) is 13.8 Å². The lowest BCUT2D eigenvalue weighted by molar-refractivity contribution is -0.175. The number of ether oxygens (including phenoxy) is 3. The molecule has 0 radical (unpaired) electrons. The second-order valence-corrected chi connectivity index (χ2v) is 12.6. The number of rotatable bonds is 10. The maximum Gasteiger partial charge on any atom is 0.352 e. The minimum Gasteiger partial charge on any atom is -0.504 e. The maximum absolute atomic E-state index is 13.1. The van der Waals surface area contributed by atoms with Crippen molar-refractivity contribution < 1.29 is 43.6 Å². The SMILES string of the molecule is CC(=O)N[C@@H](CC(C)C)C(=O)NCCC(=O)OC(C)C(=O)OC1=CCC2(O)C3Cc4ccc(O)c5c4C2(CCN3C)C1O5. The van der Waals surface area contributed by atoms with E-state index in [9.17, 15) is 29.4 Å². The molecule has 12 nitrogen and oxygen atoms in total. The van der Waals surface area contributed by atoms with E-state index < -0.39 is 47.1 Å². The average molecular weight is 600 g/mol. The molecule has 4 N–H and O–H groups in total. The van der Waals surface area contributed by atoms with E-state index in [4.69, 9.17) is 14.2 Å². The summed E-state index contributed by atoms with van der Waals surface area (Å²) in [6, 6.07) is 2.56. The summed E-state index contributed by atoms with van der Waals surface area (Å²) in [6.45, 7) is 7.25. The van der Waals surface area contributed by atoms with Crippen LogP contribution in [0.3, 0.4) is 0 Å². The molecule has 2 bridgehead atoms. The van der Waals surface area contributed by atoms with Crippen LogP contribution in [-0.4, -0.2) is 88.9 Å². The van der Waals surface area contributed by atoms with Gasteiger partial charge in [0.15, 0.2) is 23.7 Å². The summed E-state index contributed by atoms with van der Waals surface area (Å²) >= 11 is 0. The number of likely N-dealkylation sites (tertiary alicyclic amines) is 1. The minimum atomic E-state index is -1.25. The zero-order chi connectivity index (χ0) is 31.3. The Labute approximate surface area is 250 Å². The number of carbonyl (C=O) groups excluding carboxylic acids is 4. The largest absolute Gasteiger partial charge is 0.504 e. The molecule has 0 saturated carbocycles. The zero-order valence-electron chi connectivity index (χ0n) is 25.3. The zero-order valence-corrected chi connectivity index (χ0v) is 25.3. The quantitative estimate of drug-likeness (QED) is 0.287. The molecule has 1 saturated heterocycles. The van der Waals surface area contributed by atoms with E-state index in [-0.39, 0.29) is 48.8 Å². The van der Waals surface area contributed by atoms with Gasteiger partial charge in [-0.15, -0.1) is 0 Å². The van der Waals surface area contributed by atoms with Crippen LogP contribution in [0, 0.1) is 5.92 Å². The monoisotopic (exact) mass is 599 g/mol. The molecular weight excluding hydrogens is 558 g/mol. The smallest absolute Gasteiger partial charge is 0.352 e. The number of amides is 2. The third-order valence-corrected chi connectivity index (χ3v) is 9.24. The molecule has 12 heteroatoms. The number of likely N-dealkylation sites (N-methyl/N-ethyl adjacent to an activating group) is 1. The fraction of sp³-hybridized carbons (Fsp3) is 0.613. The first-order valence-electron chi connectivity index (χ1n) is 14.9. The average Bonchev–Trinajstić information content (AvgIpc) is 3.29. The first-order chi connectivity index (χ1) is 20.3. The Morgan fingerprint density at radius 3 is 2.65 bits per heavy atom. The number of carbonyl (C=O) groups is 4. The molecule has 5 rings (SSSR count). The van der Waals surface area contributed by atoms with E-state index in [1.807, 2.05) is 27.0 Å². The van der Waals surface area contributed by atoms with Gasteiger partial charge in [-0.3, -0.25) is 14.4 Å². The van der Waals surface area contributed by atoms with Gasteiger partial charge in [0, 0.05) is 31.5 Å². The van der Waals surface area contributed by atoms with Crippen LogP contribution in [0.4, 0.5) is 0 Å². The first kappa shape index (κ1) is 30.8. The standard InChI is InChI=1S/C31H41N3O9/c1-16(2)14-20(33-18(4)35)28(38)32-12-9-24(37)41-17(3)29(39)42-22-8-10-31(40)23-15-19-6-7-21(36)26-25(19)30(31,27(22)43-26)11-13-34(23)5/h6-8,16-17,20,23,27,36,40H,9-15H2,1-5H3,(H,32,38)(H,33,35)/t17?,20-,23?,27?,30?,31?/m0/s1. The van der Waals surface area contributed by atoms with E-state index in [0.717, 1.165) is 11.1 Å². The Bertz CT molecular complexity index is 1360. The van der Waals surface area contributed by atoms with Crippen LogP contribution >= 0.6 is 0 Å². The van der Waals surface area contributed by atoms with Gasteiger partial charge in [-0.1, -0.05) is 19.9 Å². The summed E-state index contributed by atoms with van der Waals surface area (Å²) < 4.78 is 17.3. The van der Waals surface area contributed by atoms with Crippen molar-refractivity contribution >= 4 is 23.8 Å². The van der Waals surface area contributed by atoms with Crippen LogP contribution < -0.4 is 15.4 Å². The highest BCUT2D eigenvalue weighted by molar-refractivity contribution is 5.87. The Morgan fingerprint density at radius 2 is 1.95 bits per heavy atom. The fourth-order valence-corrected chi connectivity index (χ4v) is 7.30. The number of piperidine rings is 1. The highest BCUT2D eigenvalue weighted by Crippen LogP contribution is 2.65. The highest BCUT2D eigenvalue weighted by Gasteiger charge is 2.72. The van der Waals surface area contributed by atoms with Gasteiger partial charge < -0.3 is 40.0 Å². The number of hydrogen-bond donors (Lipinski definition) is 4. The molecule has 2 heterocycles. The molecule has 4 aliphatic rings. The Hall–Kier alpha value is -3.64. The topological polar surface area (TPSA) is 164 Å². The summed E-state index contributed by atoms with van der Waals surface area (Å²) in [7, 11) is 1.99. The number of phenols is 1. The number of nitrogens with zero attached hydrogens (tertiary/aromatic N) is 1. The number of aromatic hydroxyl groups is 1. The van der Waals surface area contributed by atoms with Crippen molar-refractivity contribution in [1.82, 2.24) is 15.5 Å². The van der Waals surface area contributed by atoms with Crippen LogP contribution in [0.2, 0.25) is 0 Å². The van der Waals surface area contributed by atoms with Crippen LogP contribution in [0.15, 0.2) is 24.0 Å². The van der Waals surface area contributed by atoms with E-state index >= 15 is 0 Å². The molecular formula is C31H41N3O9. The van der Waals surface area contributed by atoms with Gasteiger partial charge in [0.2, 0.25) is 11.8 Å². The molecule has 1 spiro atoms. The molecule has 1 aromatic carbocycles. The molecule has 5 unspecified atom stereocenters. The number of phenolic OH excluding ortho intramolecular Hbond substituents is 1. The van der Waals surface area contributed by atoms with Gasteiger partial charge in [0.1, 0.15) is 11.8 Å². The predicted octanol–water partition coefficient (Wildman–Crippen LogP) is 1.20. The summed E-state index contributed by atoms with van der Waals surface area (Å²) in [4.78, 5) is 51.7. The summed E-state index contributed by atoms with van der Waals surface area (Å²) in [6.07, 6.45) is 1.20. The van der Waals surface area contributed by atoms with Gasteiger partial charge in [-0.05, 0) is 63.4 Å². The lowest BCUT2D eigenvalue weighted by Gasteiger charge is -2.61. The second kappa shape index (κ2) is 11.5. The number of hydrogen-bond acceptors (Lipinski definition) is 10. The third kappa shape index (κ3) is 5.24. The Balaban J connectivity index is 1.22. The van der Waals surface area contributed by atoms with Crippen LogP contribution in [0.1, 0.15) is 64.5 Å². The van der Waals surface area contributed by atoms with Crippen LogP contribution in [0.25, 0.3) is 0 Å². The summed E-state index contributed by atoms with van der Waals surface area (Å²) in [5.41, 5.74) is -0.324. The van der Waals surface area contributed by atoms with Crippen molar-refractivity contribution in [3.05, 3.63) is 35.1 Å². The molecule has 1 fully saturated rings. The molecule has 234 valence electrons. The lowest BCUT2D eigenvalue weighted by Crippen LogP contribution is -2.74. The predicted molar refractivity (Wildman–Crippen MR) is 153 cm³/mol. The lowest BCUT2D eigenvalue weighted by atomic mass is 9.50. The van der Waals surface area contributed by atoms with Crippen molar-refractivity contribution in [3.63, 3.8) is 0 Å². The van der Waals surface area contributed by atoms with Gasteiger partial charge >= 0.3 is 11.9 Å². The van der Waals surface area contributed by atoms with Crippen molar-refractivity contribution in [2.24, 2.45) is 5.92 Å². The first-order valence-corrected chi connectivity index (χ1v) is 14.9. The fourth-order valence-electron chi connectivity index (χ4n) is 7.30. The molecule has 1 aromatic rings. The normalized spacial score (nSPS) is 28.1. The number of aliphatic hydroxyl groups is 1. The number of esters is 2. The van der Waals surface area contributed by atoms with Crippen molar-refractivity contribution in [2.45, 2.75) is 95.1 Å². The summed E-state index contributed by atoms with van der Waals surface area (Å²) in [5.74, 6) is -1.59. The minimum absolute atomic E-state index is 0.0323. The van der Waals surface area contributed by atoms with Gasteiger partial charge in [0.05, 0.1) is 17.4 Å². The molecule has 43 heavy (non-hydrogen) atoms. The van der Waals surface area contributed by atoms with E-state index in [0.29, 0.717) is 31.6 Å². The number of nitrogens with one attached hydrogen (secondary N) is 2. The molecule has 6 atom stereocenters. The van der Waals surface area contributed by atoms with Crippen LogP contribution in [0.5, 0.6) is 11.5 Å². The third-order valence-electron chi connectivity index (χ3n) is 9.24. The Kier molecular flexibility index (Phi) is 8.21. The highest BCUT2D eigenvalue weighted by atomic mass is 16.6. The second-order valence-electron chi connectivity index (χ2n) is 12.6. The van der Waals surface area contributed by atoms with Gasteiger partial charge in [-0.25, -0.2) is 4.79 Å². The molecule has 2 aliphatic heterocycles. The molecule has 0 aromatic heterocycles. The van der Waals surface area contributed by atoms with Crippen molar-refractivity contribution in [1.29, 1.82) is 0 Å². The summed E-state index contributed by atoms with van der Waals surface area (Å²) in [5, 5.41) is 28.1. The van der Waals surface area contributed by atoms with Gasteiger partial charge in [0.25, 0.3) is 0 Å². The van der Waals surface area contributed by atoms with Crippen LogP contribution in [-0.2, 0) is 40.5 Å².